The van der Waals surface area contributed by atoms with Crippen molar-refractivity contribution in [1.29, 1.82) is 0 Å². The number of hydrogen-bond donors (Lipinski definition) is 1. The van der Waals surface area contributed by atoms with Gasteiger partial charge in [-0.15, -0.1) is 0 Å². The monoisotopic (exact) mass is 397 g/mol. The van der Waals surface area contributed by atoms with Gasteiger partial charge in [-0.1, -0.05) is 6.07 Å². The van der Waals surface area contributed by atoms with Gasteiger partial charge in [-0.3, -0.25) is 14.4 Å². The van der Waals surface area contributed by atoms with Crippen molar-refractivity contribution in [3.05, 3.63) is 46.4 Å². The van der Waals surface area contributed by atoms with Crippen LogP contribution in [0.15, 0.2) is 40.9 Å². The predicted molar refractivity (Wildman–Crippen MR) is 103 cm³/mol. The highest BCUT2D eigenvalue weighted by Gasteiger charge is 2.41. The lowest BCUT2D eigenvalue weighted by atomic mass is 9.73. The standard InChI is InChI=1S/C22H23NO6/c1-27-18-10-12(8-9-15(18)28-11-19(23)26)20-21-13(24)4-2-6-16(21)29-17-7-3-5-14(25)22(17)20/h8-10,20H,2-7,11H2,1H3,(H2,23,26). The first-order valence-electron chi connectivity index (χ1n) is 9.79. The van der Waals surface area contributed by atoms with Crippen LogP contribution in [0.3, 0.4) is 0 Å². The third-order valence-corrected chi connectivity index (χ3v) is 5.53. The summed E-state index contributed by atoms with van der Waals surface area (Å²) in [7, 11) is 1.49. The van der Waals surface area contributed by atoms with E-state index in [0.29, 0.717) is 59.8 Å². The average molecular weight is 397 g/mol. The Balaban J connectivity index is 1.81. The average Bonchev–Trinajstić information content (AvgIpc) is 2.71. The number of ether oxygens (including phenoxy) is 3. The van der Waals surface area contributed by atoms with Crippen LogP contribution in [-0.2, 0) is 19.1 Å². The molecule has 29 heavy (non-hydrogen) atoms. The number of methoxy groups -OCH3 is 1. The Bertz CT molecular complexity index is 916. The molecule has 1 heterocycles. The van der Waals surface area contributed by atoms with Crippen molar-refractivity contribution >= 4 is 17.5 Å². The zero-order chi connectivity index (χ0) is 20.5. The Morgan fingerprint density at radius 1 is 1.03 bits per heavy atom. The van der Waals surface area contributed by atoms with Gasteiger partial charge in [0.15, 0.2) is 29.7 Å². The molecule has 0 saturated carbocycles. The van der Waals surface area contributed by atoms with E-state index in [9.17, 15) is 14.4 Å². The van der Waals surface area contributed by atoms with E-state index in [-0.39, 0.29) is 18.2 Å². The quantitative estimate of drug-likeness (QED) is 0.819. The smallest absolute Gasteiger partial charge is 0.255 e. The number of primary amides is 1. The van der Waals surface area contributed by atoms with Gasteiger partial charge < -0.3 is 19.9 Å². The van der Waals surface area contributed by atoms with Gasteiger partial charge in [-0.2, -0.15) is 0 Å². The van der Waals surface area contributed by atoms with Gasteiger partial charge in [0.2, 0.25) is 0 Å². The number of ketones is 2. The maximum Gasteiger partial charge on any atom is 0.255 e. The van der Waals surface area contributed by atoms with Gasteiger partial charge in [-0.05, 0) is 30.5 Å². The molecule has 7 heteroatoms. The Morgan fingerprint density at radius 2 is 1.66 bits per heavy atom. The summed E-state index contributed by atoms with van der Waals surface area (Å²) in [6.07, 6.45) is 3.80. The summed E-state index contributed by atoms with van der Waals surface area (Å²) in [5, 5.41) is 0. The van der Waals surface area contributed by atoms with Crippen LogP contribution in [0.5, 0.6) is 11.5 Å². The molecular formula is C22H23NO6. The molecule has 3 aliphatic rings. The van der Waals surface area contributed by atoms with Gasteiger partial charge in [0, 0.05) is 42.7 Å². The molecule has 0 fully saturated rings. The van der Waals surface area contributed by atoms with Gasteiger partial charge in [-0.25, -0.2) is 0 Å². The van der Waals surface area contributed by atoms with E-state index in [1.165, 1.54) is 7.11 Å². The zero-order valence-electron chi connectivity index (χ0n) is 16.3. The molecule has 1 aliphatic heterocycles. The molecule has 0 atom stereocenters. The van der Waals surface area contributed by atoms with E-state index in [4.69, 9.17) is 19.9 Å². The van der Waals surface area contributed by atoms with E-state index >= 15 is 0 Å². The van der Waals surface area contributed by atoms with Crippen molar-refractivity contribution in [3.63, 3.8) is 0 Å². The predicted octanol–water partition coefficient (Wildman–Crippen LogP) is 2.69. The lowest BCUT2D eigenvalue weighted by Gasteiger charge is -2.36. The molecule has 152 valence electrons. The van der Waals surface area contributed by atoms with Crippen molar-refractivity contribution in [1.82, 2.24) is 0 Å². The summed E-state index contributed by atoms with van der Waals surface area (Å²) < 4.78 is 16.9. The number of carbonyl (C=O) groups excluding carboxylic acids is 3. The van der Waals surface area contributed by atoms with E-state index in [2.05, 4.69) is 0 Å². The number of rotatable bonds is 5. The third-order valence-electron chi connectivity index (χ3n) is 5.53. The molecule has 0 saturated heterocycles. The molecule has 0 unspecified atom stereocenters. The summed E-state index contributed by atoms with van der Waals surface area (Å²) in [4.78, 5) is 36.7. The summed E-state index contributed by atoms with van der Waals surface area (Å²) >= 11 is 0. The highest BCUT2D eigenvalue weighted by molar-refractivity contribution is 6.05. The summed E-state index contributed by atoms with van der Waals surface area (Å²) in [6, 6.07) is 5.23. The molecule has 1 aromatic rings. The van der Waals surface area contributed by atoms with E-state index < -0.39 is 11.8 Å². The molecule has 1 aromatic carbocycles. The van der Waals surface area contributed by atoms with E-state index in [1.807, 2.05) is 0 Å². The van der Waals surface area contributed by atoms with Crippen LogP contribution in [0, 0.1) is 0 Å². The van der Waals surface area contributed by atoms with Crippen molar-refractivity contribution < 1.29 is 28.6 Å². The minimum absolute atomic E-state index is 0.0224. The zero-order valence-corrected chi connectivity index (χ0v) is 16.3. The fraction of sp³-hybridized carbons (Fsp3) is 0.409. The Kier molecular flexibility index (Phi) is 5.13. The molecule has 2 N–H and O–H groups in total. The van der Waals surface area contributed by atoms with Gasteiger partial charge in [0.1, 0.15) is 11.5 Å². The van der Waals surface area contributed by atoms with Crippen molar-refractivity contribution in [2.24, 2.45) is 5.73 Å². The number of Topliss-reactive ketones (excluding diaryl/α,β-unsaturated/α-hetero) is 2. The van der Waals surface area contributed by atoms with Crippen LogP contribution >= 0.6 is 0 Å². The topological polar surface area (TPSA) is 105 Å². The Hall–Kier alpha value is -3.09. The normalized spacial score (nSPS) is 19.5. The molecule has 0 aromatic heterocycles. The number of hydrogen-bond acceptors (Lipinski definition) is 6. The molecule has 2 aliphatic carbocycles. The van der Waals surface area contributed by atoms with Gasteiger partial charge in [0.25, 0.3) is 5.91 Å². The van der Waals surface area contributed by atoms with Gasteiger partial charge in [0.05, 0.1) is 7.11 Å². The highest BCUT2D eigenvalue weighted by Crippen LogP contribution is 2.48. The SMILES string of the molecule is COc1cc(C2C3=C(CCCC3=O)OC3=C2C(=O)CCC3)ccc1OCC(N)=O. The van der Waals surface area contributed by atoms with Crippen LogP contribution in [0.25, 0.3) is 0 Å². The van der Waals surface area contributed by atoms with Crippen LogP contribution in [0.4, 0.5) is 0 Å². The molecule has 1 amide bonds. The maximum absolute atomic E-state index is 12.8. The summed E-state index contributed by atoms with van der Waals surface area (Å²) in [6.45, 7) is -0.269. The third kappa shape index (κ3) is 3.52. The Labute approximate surface area is 168 Å². The number of benzene rings is 1. The van der Waals surface area contributed by atoms with Crippen LogP contribution in [-0.4, -0.2) is 31.2 Å². The maximum atomic E-state index is 12.8. The molecule has 0 bridgehead atoms. The lowest BCUT2D eigenvalue weighted by Crippen LogP contribution is -2.30. The molecular weight excluding hydrogens is 374 g/mol. The van der Waals surface area contributed by atoms with Gasteiger partial charge >= 0.3 is 0 Å². The first-order valence-corrected chi connectivity index (χ1v) is 9.79. The summed E-state index contributed by atoms with van der Waals surface area (Å²) in [5.41, 5.74) is 7.08. The fourth-order valence-electron chi connectivity index (χ4n) is 4.28. The minimum Gasteiger partial charge on any atom is -0.493 e. The van der Waals surface area contributed by atoms with E-state index in [0.717, 1.165) is 18.4 Å². The second kappa shape index (κ2) is 7.73. The minimum atomic E-state index is -0.592. The first kappa shape index (κ1) is 19.2. The number of nitrogens with two attached hydrogens (primary N) is 1. The van der Waals surface area contributed by atoms with Crippen molar-refractivity contribution in [3.8, 4) is 11.5 Å². The first-order chi connectivity index (χ1) is 14.0. The molecule has 4 rings (SSSR count). The highest BCUT2D eigenvalue weighted by atomic mass is 16.5. The van der Waals surface area contributed by atoms with Crippen LogP contribution in [0.2, 0.25) is 0 Å². The van der Waals surface area contributed by atoms with Crippen molar-refractivity contribution in [2.75, 3.05) is 13.7 Å². The van der Waals surface area contributed by atoms with Crippen molar-refractivity contribution in [2.45, 2.75) is 44.4 Å². The number of carbonyl (C=O) groups is 3. The fourth-order valence-corrected chi connectivity index (χ4v) is 4.28. The lowest BCUT2D eigenvalue weighted by molar-refractivity contribution is -0.120. The number of allylic oxidation sites excluding steroid dienone is 4. The molecule has 0 spiro atoms. The Morgan fingerprint density at radius 3 is 2.21 bits per heavy atom. The largest absolute Gasteiger partial charge is 0.493 e. The molecule has 0 radical (unpaired) electrons. The summed E-state index contributed by atoms with van der Waals surface area (Å²) in [5.74, 6) is 1.14. The van der Waals surface area contributed by atoms with Crippen LogP contribution < -0.4 is 15.2 Å². The van der Waals surface area contributed by atoms with E-state index in [1.54, 1.807) is 18.2 Å². The van der Waals surface area contributed by atoms with Crippen LogP contribution in [0.1, 0.15) is 50.0 Å². The second-order valence-electron chi connectivity index (χ2n) is 7.43. The number of amides is 1. The molecule has 7 nitrogen and oxygen atoms in total. The second-order valence-corrected chi connectivity index (χ2v) is 7.43.